The van der Waals surface area contributed by atoms with Crippen molar-refractivity contribution in [3.8, 4) is 17.8 Å². The van der Waals surface area contributed by atoms with Crippen LogP contribution >= 0.6 is 0 Å². The summed E-state index contributed by atoms with van der Waals surface area (Å²) in [5.41, 5.74) is -2.65. The number of carboxylic acid groups (broad SMARTS) is 1. The first-order valence-corrected chi connectivity index (χ1v) is 6.13. The van der Waals surface area contributed by atoms with Crippen LogP contribution in [0.4, 0.5) is 4.39 Å². The zero-order valence-electron chi connectivity index (χ0n) is 11.5. The Morgan fingerprint density at radius 1 is 1.43 bits per heavy atom. The summed E-state index contributed by atoms with van der Waals surface area (Å²) in [7, 11) is 2.77. The van der Waals surface area contributed by atoms with Gasteiger partial charge in [-0.3, -0.25) is 0 Å². The van der Waals surface area contributed by atoms with E-state index in [0.29, 0.717) is 0 Å². The van der Waals surface area contributed by atoms with E-state index in [1.54, 1.807) is 0 Å². The molecule has 21 heavy (non-hydrogen) atoms. The lowest BCUT2D eigenvalue weighted by Gasteiger charge is -2.33. The van der Waals surface area contributed by atoms with Gasteiger partial charge in [0.25, 0.3) is 5.67 Å². The summed E-state index contributed by atoms with van der Waals surface area (Å²) in [4.78, 5) is 18.9. The first-order chi connectivity index (χ1) is 9.99. The molecule has 0 saturated carbocycles. The molecule has 1 saturated heterocycles. The molecule has 1 fully saturated rings. The first kappa shape index (κ1) is 15.2. The van der Waals surface area contributed by atoms with Gasteiger partial charge in [-0.25, -0.2) is 9.18 Å². The first-order valence-electron chi connectivity index (χ1n) is 6.13. The van der Waals surface area contributed by atoms with Crippen LogP contribution in [0.5, 0.6) is 17.8 Å². The van der Waals surface area contributed by atoms with Crippen molar-refractivity contribution in [2.75, 3.05) is 27.4 Å². The summed E-state index contributed by atoms with van der Waals surface area (Å²) in [5.74, 6) is -1.34. The molecule has 0 bridgehead atoms. The molecule has 1 aromatic rings. The number of carboxylic acids is 1. The zero-order chi connectivity index (χ0) is 15.5. The number of hydrogen-bond donors (Lipinski definition) is 1. The van der Waals surface area contributed by atoms with Crippen LogP contribution in [-0.4, -0.2) is 60.2 Å². The lowest BCUT2D eigenvalue weighted by molar-refractivity contribution is -0.174. The fourth-order valence-corrected chi connectivity index (χ4v) is 1.86. The van der Waals surface area contributed by atoms with E-state index < -0.39 is 24.3 Å². The summed E-state index contributed by atoms with van der Waals surface area (Å²) >= 11 is 0. The normalized spacial score (nSPS) is 25.2. The van der Waals surface area contributed by atoms with Gasteiger partial charge in [-0.15, -0.1) is 0 Å². The Balaban J connectivity index is 2.25. The van der Waals surface area contributed by atoms with Crippen LogP contribution in [0.2, 0.25) is 0 Å². The Morgan fingerprint density at radius 3 is 2.57 bits per heavy atom. The van der Waals surface area contributed by atoms with Crippen LogP contribution in [0.25, 0.3) is 0 Å². The van der Waals surface area contributed by atoms with E-state index in [9.17, 15) is 9.18 Å². The molecular formula is C12H15FN2O6. The third-order valence-electron chi connectivity index (χ3n) is 3.03. The smallest absolute Gasteiger partial charge is 0.347 e. The van der Waals surface area contributed by atoms with E-state index in [-0.39, 0.29) is 30.8 Å². The number of hydrogen-bond acceptors (Lipinski definition) is 7. The molecule has 1 aliphatic rings. The van der Waals surface area contributed by atoms with Crippen LogP contribution in [0, 0.1) is 0 Å². The zero-order valence-corrected chi connectivity index (χ0v) is 11.5. The lowest BCUT2D eigenvalue weighted by Crippen LogP contribution is -2.55. The van der Waals surface area contributed by atoms with Gasteiger partial charge in [0.1, 0.15) is 0 Å². The SMILES string of the molecule is COc1cc(OC)nc(OC2CCOCC2(F)C(=O)O)n1. The van der Waals surface area contributed by atoms with Crippen LogP contribution in [-0.2, 0) is 9.53 Å². The van der Waals surface area contributed by atoms with Gasteiger partial charge in [0.15, 0.2) is 6.10 Å². The van der Waals surface area contributed by atoms with Gasteiger partial charge in [-0.05, 0) is 0 Å². The van der Waals surface area contributed by atoms with Crippen molar-refractivity contribution >= 4 is 5.97 Å². The average molecular weight is 302 g/mol. The predicted molar refractivity (Wildman–Crippen MR) is 66.5 cm³/mol. The quantitative estimate of drug-likeness (QED) is 0.837. The number of carbonyl (C=O) groups is 1. The Kier molecular flexibility index (Phi) is 4.41. The van der Waals surface area contributed by atoms with E-state index in [0.717, 1.165) is 0 Å². The third kappa shape index (κ3) is 3.13. The fraction of sp³-hybridized carbons (Fsp3) is 0.583. The van der Waals surface area contributed by atoms with Crippen molar-refractivity contribution in [2.45, 2.75) is 18.2 Å². The van der Waals surface area contributed by atoms with Gasteiger partial charge in [-0.2, -0.15) is 9.97 Å². The highest BCUT2D eigenvalue weighted by Gasteiger charge is 2.51. The fourth-order valence-electron chi connectivity index (χ4n) is 1.86. The summed E-state index contributed by atoms with van der Waals surface area (Å²) in [6.07, 6.45) is -1.20. The standard InChI is InChI=1S/C12H15FN2O6/c1-18-8-5-9(19-2)15-11(14-8)21-7-3-4-20-6-12(7,13)10(16)17/h5,7H,3-4,6H2,1-2H3,(H,16,17). The summed E-state index contributed by atoms with van der Waals surface area (Å²) in [5, 5.41) is 9.02. The molecule has 1 aliphatic heterocycles. The number of rotatable bonds is 5. The lowest BCUT2D eigenvalue weighted by atomic mass is 9.95. The second kappa shape index (κ2) is 6.08. The molecule has 0 amide bonds. The van der Waals surface area contributed by atoms with Crippen LogP contribution in [0.1, 0.15) is 6.42 Å². The average Bonchev–Trinajstić information content (AvgIpc) is 2.49. The molecule has 2 atom stereocenters. The van der Waals surface area contributed by atoms with Gasteiger partial charge in [0, 0.05) is 6.42 Å². The van der Waals surface area contributed by atoms with E-state index in [4.69, 9.17) is 24.1 Å². The van der Waals surface area contributed by atoms with Gasteiger partial charge in [0.2, 0.25) is 11.8 Å². The van der Waals surface area contributed by atoms with Crippen molar-refractivity contribution < 1.29 is 33.2 Å². The van der Waals surface area contributed by atoms with Gasteiger partial charge < -0.3 is 24.1 Å². The molecule has 0 spiro atoms. The summed E-state index contributed by atoms with van der Waals surface area (Å²) in [6.45, 7) is -0.404. The molecule has 2 unspecified atom stereocenters. The maximum atomic E-state index is 14.4. The molecule has 2 rings (SSSR count). The number of aromatic nitrogens is 2. The Labute approximate surface area is 119 Å². The Bertz CT molecular complexity index is 506. The molecule has 1 aromatic heterocycles. The van der Waals surface area contributed by atoms with Gasteiger partial charge >= 0.3 is 12.0 Å². The predicted octanol–water partition coefficient (Wildman–Crippen LogP) is 0.454. The van der Waals surface area contributed by atoms with E-state index in [2.05, 4.69) is 9.97 Å². The Hall–Kier alpha value is -2.16. The van der Waals surface area contributed by atoms with Gasteiger partial charge in [-0.1, -0.05) is 0 Å². The summed E-state index contributed by atoms with van der Waals surface area (Å²) in [6, 6.07) is 1.19. The number of nitrogens with zero attached hydrogens (tertiary/aromatic N) is 2. The molecule has 8 nitrogen and oxygen atoms in total. The highest BCUT2D eigenvalue weighted by molar-refractivity contribution is 5.78. The second-order valence-corrected chi connectivity index (χ2v) is 4.35. The maximum absolute atomic E-state index is 14.4. The highest BCUT2D eigenvalue weighted by Crippen LogP contribution is 2.29. The van der Waals surface area contributed by atoms with Crippen LogP contribution in [0.3, 0.4) is 0 Å². The van der Waals surface area contributed by atoms with Crippen molar-refractivity contribution in [2.24, 2.45) is 0 Å². The van der Waals surface area contributed by atoms with Crippen molar-refractivity contribution in [1.82, 2.24) is 9.97 Å². The minimum absolute atomic E-state index is 0.0612. The van der Waals surface area contributed by atoms with Crippen LogP contribution in [0.15, 0.2) is 6.07 Å². The van der Waals surface area contributed by atoms with Crippen LogP contribution < -0.4 is 14.2 Å². The van der Waals surface area contributed by atoms with Crippen molar-refractivity contribution in [1.29, 1.82) is 0 Å². The molecule has 116 valence electrons. The minimum Gasteiger partial charge on any atom is -0.481 e. The molecule has 1 N–H and O–H groups in total. The molecule has 0 radical (unpaired) electrons. The number of aliphatic carboxylic acids is 1. The molecule has 0 aromatic carbocycles. The number of halogens is 1. The van der Waals surface area contributed by atoms with Crippen molar-refractivity contribution in [3.63, 3.8) is 0 Å². The molecular weight excluding hydrogens is 287 g/mol. The summed E-state index contributed by atoms with van der Waals surface area (Å²) < 4.78 is 34.5. The molecule has 9 heteroatoms. The number of methoxy groups -OCH3 is 2. The van der Waals surface area contributed by atoms with Crippen molar-refractivity contribution in [3.05, 3.63) is 6.07 Å². The second-order valence-electron chi connectivity index (χ2n) is 4.35. The maximum Gasteiger partial charge on any atom is 0.347 e. The Morgan fingerprint density at radius 2 is 2.05 bits per heavy atom. The van der Waals surface area contributed by atoms with E-state index in [1.807, 2.05) is 0 Å². The topological polar surface area (TPSA) is 100 Å². The number of ether oxygens (including phenoxy) is 4. The molecule has 0 aliphatic carbocycles. The monoisotopic (exact) mass is 302 g/mol. The molecule has 2 heterocycles. The minimum atomic E-state index is -2.65. The van der Waals surface area contributed by atoms with E-state index in [1.165, 1.54) is 20.3 Å². The number of alkyl halides is 1. The van der Waals surface area contributed by atoms with E-state index >= 15 is 0 Å². The third-order valence-corrected chi connectivity index (χ3v) is 3.03. The van der Waals surface area contributed by atoms with Gasteiger partial charge in [0.05, 0.1) is 33.5 Å². The largest absolute Gasteiger partial charge is 0.481 e. The highest BCUT2D eigenvalue weighted by atomic mass is 19.1.